The number of nitrogens with zero attached hydrogens (tertiary/aromatic N) is 1. The van der Waals surface area contributed by atoms with E-state index in [4.69, 9.17) is 16.3 Å². The molecule has 0 saturated carbocycles. The molecule has 0 radical (unpaired) electrons. The fourth-order valence-corrected chi connectivity index (χ4v) is 1.99. The quantitative estimate of drug-likeness (QED) is 0.796. The summed E-state index contributed by atoms with van der Waals surface area (Å²) >= 11 is 7.39. The molecule has 4 nitrogen and oxygen atoms in total. The smallest absolute Gasteiger partial charge is 0.270 e. The van der Waals surface area contributed by atoms with Gasteiger partial charge in [-0.25, -0.2) is 4.98 Å². The van der Waals surface area contributed by atoms with Crippen molar-refractivity contribution >= 4 is 28.8 Å². The van der Waals surface area contributed by atoms with Crippen LogP contribution < -0.4 is 5.32 Å². The Morgan fingerprint density at radius 2 is 2.50 bits per heavy atom. The first-order chi connectivity index (χ1) is 7.63. The van der Waals surface area contributed by atoms with E-state index >= 15 is 0 Å². The second-order valence-electron chi connectivity index (χ2n) is 3.35. The van der Waals surface area contributed by atoms with Crippen LogP contribution in [-0.2, 0) is 4.74 Å². The predicted octanol–water partition coefficient (Wildman–Crippen LogP) is 1.83. The number of amides is 1. The Balaban J connectivity index is 2.25. The maximum Gasteiger partial charge on any atom is 0.270 e. The van der Waals surface area contributed by atoms with Crippen LogP contribution in [0.2, 0.25) is 0 Å². The molecule has 1 amide bonds. The number of alkyl halides is 1. The third kappa shape index (κ3) is 4.47. The summed E-state index contributed by atoms with van der Waals surface area (Å²) in [6.07, 6.45) is 0.685. The van der Waals surface area contributed by atoms with Crippen LogP contribution in [-0.4, -0.2) is 36.5 Å². The Morgan fingerprint density at radius 3 is 3.06 bits per heavy atom. The van der Waals surface area contributed by atoms with Gasteiger partial charge in [0.1, 0.15) is 5.69 Å². The highest BCUT2D eigenvalue weighted by atomic mass is 35.5. The summed E-state index contributed by atoms with van der Waals surface area (Å²) in [5.41, 5.74) is 0.473. The fraction of sp³-hybridized carbons (Fsp3) is 0.600. The molecule has 1 aromatic heterocycles. The van der Waals surface area contributed by atoms with Gasteiger partial charge in [-0.2, -0.15) is 0 Å². The number of hydrogen-bond donors (Lipinski definition) is 1. The van der Waals surface area contributed by atoms with Crippen molar-refractivity contribution in [2.75, 3.05) is 20.3 Å². The lowest BCUT2D eigenvalue weighted by molar-refractivity contribution is 0.0947. The molecule has 1 N–H and O–H groups in total. The summed E-state index contributed by atoms with van der Waals surface area (Å²) in [7, 11) is 1.60. The lowest BCUT2D eigenvalue weighted by Crippen LogP contribution is -2.27. The van der Waals surface area contributed by atoms with E-state index in [2.05, 4.69) is 10.3 Å². The molecular weight excluding hydrogens is 248 g/mol. The molecule has 1 atom stereocenters. The Labute approximate surface area is 104 Å². The molecule has 1 unspecified atom stereocenters. The first kappa shape index (κ1) is 13.4. The van der Waals surface area contributed by atoms with E-state index in [0.29, 0.717) is 25.3 Å². The number of carbonyl (C=O) groups is 1. The Bertz CT molecular complexity index is 343. The van der Waals surface area contributed by atoms with Crippen LogP contribution in [0.3, 0.4) is 0 Å². The molecule has 0 aliphatic heterocycles. The SMILES string of the molecule is COCC(Cl)CCNC(=O)c1csc(C)n1. The first-order valence-electron chi connectivity index (χ1n) is 4.97. The van der Waals surface area contributed by atoms with Crippen molar-refractivity contribution in [3.8, 4) is 0 Å². The molecule has 0 aromatic carbocycles. The molecule has 0 spiro atoms. The molecule has 6 heteroatoms. The number of aromatic nitrogens is 1. The molecule has 0 saturated heterocycles. The fourth-order valence-electron chi connectivity index (χ4n) is 1.16. The number of aryl methyl sites for hydroxylation is 1. The van der Waals surface area contributed by atoms with Crippen LogP contribution in [0, 0.1) is 6.92 Å². The first-order valence-corrected chi connectivity index (χ1v) is 6.28. The molecular formula is C10H15ClN2O2S. The molecule has 1 heterocycles. The minimum Gasteiger partial charge on any atom is -0.383 e. The van der Waals surface area contributed by atoms with E-state index in [-0.39, 0.29) is 11.3 Å². The van der Waals surface area contributed by atoms with Crippen LogP contribution in [0.15, 0.2) is 5.38 Å². The topological polar surface area (TPSA) is 51.2 Å². The minimum atomic E-state index is -0.148. The van der Waals surface area contributed by atoms with Gasteiger partial charge in [0.25, 0.3) is 5.91 Å². The van der Waals surface area contributed by atoms with Crippen LogP contribution in [0.4, 0.5) is 0 Å². The number of nitrogens with one attached hydrogen (secondary N) is 1. The molecule has 0 aliphatic carbocycles. The summed E-state index contributed by atoms with van der Waals surface area (Å²) < 4.78 is 4.89. The van der Waals surface area contributed by atoms with E-state index in [1.165, 1.54) is 11.3 Å². The van der Waals surface area contributed by atoms with Gasteiger partial charge in [0, 0.05) is 19.0 Å². The Hall–Kier alpha value is -0.650. The van der Waals surface area contributed by atoms with Gasteiger partial charge in [-0.1, -0.05) is 0 Å². The lowest BCUT2D eigenvalue weighted by Gasteiger charge is -2.08. The van der Waals surface area contributed by atoms with E-state index in [9.17, 15) is 4.79 Å². The van der Waals surface area contributed by atoms with Crippen LogP contribution in [0.5, 0.6) is 0 Å². The van der Waals surface area contributed by atoms with Crippen molar-refractivity contribution in [2.24, 2.45) is 0 Å². The molecule has 0 bridgehead atoms. The van der Waals surface area contributed by atoms with Gasteiger partial charge in [-0.15, -0.1) is 22.9 Å². The van der Waals surface area contributed by atoms with Crippen molar-refractivity contribution in [2.45, 2.75) is 18.7 Å². The zero-order chi connectivity index (χ0) is 12.0. The summed E-state index contributed by atoms with van der Waals surface area (Å²) in [4.78, 5) is 15.6. The number of halogens is 1. The van der Waals surface area contributed by atoms with Gasteiger partial charge < -0.3 is 10.1 Å². The highest BCUT2D eigenvalue weighted by molar-refractivity contribution is 7.09. The standard InChI is InChI=1S/C10H15ClN2O2S/c1-7-13-9(6-16-7)10(14)12-4-3-8(11)5-15-2/h6,8H,3-5H2,1-2H3,(H,12,14). The maximum absolute atomic E-state index is 11.6. The normalized spacial score (nSPS) is 12.4. The monoisotopic (exact) mass is 262 g/mol. The summed E-state index contributed by atoms with van der Waals surface area (Å²) in [5.74, 6) is -0.148. The largest absolute Gasteiger partial charge is 0.383 e. The van der Waals surface area contributed by atoms with Crippen molar-refractivity contribution in [3.63, 3.8) is 0 Å². The van der Waals surface area contributed by atoms with E-state index in [1.54, 1.807) is 12.5 Å². The zero-order valence-corrected chi connectivity index (χ0v) is 10.9. The molecule has 16 heavy (non-hydrogen) atoms. The number of thiazole rings is 1. The van der Waals surface area contributed by atoms with Gasteiger partial charge >= 0.3 is 0 Å². The third-order valence-electron chi connectivity index (χ3n) is 1.94. The average Bonchev–Trinajstić information content (AvgIpc) is 2.65. The second-order valence-corrected chi connectivity index (χ2v) is 5.03. The van der Waals surface area contributed by atoms with Gasteiger partial charge in [-0.05, 0) is 13.3 Å². The number of ether oxygens (including phenoxy) is 1. The highest BCUT2D eigenvalue weighted by Crippen LogP contribution is 2.07. The lowest BCUT2D eigenvalue weighted by atomic mass is 10.3. The molecule has 0 aliphatic rings. The minimum absolute atomic E-state index is 0.0672. The average molecular weight is 263 g/mol. The summed E-state index contributed by atoms with van der Waals surface area (Å²) in [5, 5.41) is 5.34. The van der Waals surface area contributed by atoms with Crippen molar-refractivity contribution < 1.29 is 9.53 Å². The number of hydrogen-bond acceptors (Lipinski definition) is 4. The van der Waals surface area contributed by atoms with Crippen LogP contribution in [0.25, 0.3) is 0 Å². The van der Waals surface area contributed by atoms with Crippen LogP contribution in [0.1, 0.15) is 21.9 Å². The highest BCUT2D eigenvalue weighted by Gasteiger charge is 2.09. The second kappa shape index (κ2) is 6.83. The maximum atomic E-state index is 11.6. The van der Waals surface area contributed by atoms with Crippen LogP contribution >= 0.6 is 22.9 Å². The van der Waals surface area contributed by atoms with E-state index in [1.807, 2.05) is 6.92 Å². The summed E-state index contributed by atoms with van der Waals surface area (Å²) in [6, 6.07) is 0. The molecule has 90 valence electrons. The number of carbonyl (C=O) groups excluding carboxylic acids is 1. The Morgan fingerprint density at radius 1 is 1.75 bits per heavy atom. The molecule has 0 fully saturated rings. The number of methoxy groups -OCH3 is 1. The van der Waals surface area contributed by atoms with Crippen molar-refractivity contribution in [3.05, 3.63) is 16.1 Å². The number of rotatable bonds is 6. The molecule has 1 rings (SSSR count). The zero-order valence-electron chi connectivity index (χ0n) is 9.33. The van der Waals surface area contributed by atoms with Crippen molar-refractivity contribution in [1.29, 1.82) is 0 Å². The van der Waals surface area contributed by atoms with E-state index < -0.39 is 0 Å². The van der Waals surface area contributed by atoms with Gasteiger partial charge in [0.15, 0.2) is 0 Å². The third-order valence-corrected chi connectivity index (χ3v) is 3.06. The molecule has 1 aromatic rings. The van der Waals surface area contributed by atoms with E-state index in [0.717, 1.165) is 5.01 Å². The van der Waals surface area contributed by atoms with Gasteiger partial charge in [-0.3, -0.25) is 4.79 Å². The van der Waals surface area contributed by atoms with Crippen molar-refractivity contribution in [1.82, 2.24) is 10.3 Å². The van der Waals surface area contributed by atoms with Gasteiger partial charge in [0.2, 0.25) is 0 Å². The Kier molecular flexibility index (Phi) is 5.73. The van der Waals surface area contributed by atoms with Gasteiger partial charge in [0.05, 0.1) is 17.0 Å². The predicted molar refractivity (Wildman–Crippen MR) is 65.3 cm³/mol. The summed E-state index contributed by atoms with van der Waals surface area (Å²) in [6.45, 7) is 2.90.